The Labute approximate surface area is 68.6 Å². The highest BCUT2D eigenvalue weighted by atomic mass is 19.1. The van der Waals surface area contributed by atoms with Gasteiger partial charge < -0.3 is 5.11 Å². The molecule has 2 nitrogen and oxygen atoms in total. The number of hydrogen-bond donors (Lipinski definition) is 1. The van der Waals surface area contributed by atoms with E-state index in [1.165, 1.54) is 18.2 Å². The maximum absolute atomic E-state index is 12.6. The Morgan fingerprint density at radius 2 is 2.08 bits per heavy atom. The van der Waals surface area contributed by atoms with Crippen LogP contribution in [0.1, 0.15) is 11.5 Å². The average molecular weight is 166 g/mol. The van der Waals surface area contributed by atoms with Crippen molar-refractivity contribution in [3.05, 3.63) is 35.6 Å². The number of rotatable bonds is 1. The first kappa shape index (κ1) is 7.43. The number of benzene rings is 1. The fourth-order valence-electron chi connectivity index (χ4n) is 1.27. The molecule has 62 valence electrons. The summed E-state index contributed by atoms with van der Waals surface area (Å²) in [5.41, 5.74) is 0.563. The summed E-state index contributed by atoms with van der Waals surface area (Å²) < 4.78 is 12.6. The molecule has 2 atom stereocenters. The predicted molar refractivity (Wildman–Crippen MR) is 40.2 cm³/mol. The summed E-state index contributed by atoms with van der Waals surface area (Å²) in [5, 5.41) is 8.97. The minimum atomic E-state index is -0.910. The zero-order chi connectivity index (χ0) is 8.72. The summed E-state index contributed by atoms with van der Waals surface area (Å²) in [6.07, 6.45) is -0.910. The van der Waals surface area contributed by atoms with Gasteiger partial charge in [0.05, 0.1) is 5.92 Å². The highest BCUT2D eigenvalue weighted by Crippen LogP contribution is 2.36. The highest BCUT2D eigenvalue weighted by Gasteiger charge is 2.49. The van der Waals surface area contributed by atoms with Crippen LogP contribution in [0.2, 0.25) is 0 Å². The van der Waals surface area contributed by atoms with Crippen LogP contribution in [0, 0.1) is 5.82 Å². The summed E-state index contributed by atoms with van der Waals surface area (Å²) in [5.74, 6) is -1.08. The second-order valence-electron chi connectivity index (χ2n) is 2.88. The van der Waals surface area contributed by atoms with E-state index in [0.717, 1.165) is 0 Å². The Bertz CT molecular complexity index is 335. The van der Waals surface area contributed by atoms with Gasteiger partial charge in [0.2, 0.25) is 0 Å². The maximum Gasteiger partial charge on any atom is 0.172 e. The second kappa shape index (κ2) is 2.38. The lowest BCUT2D eigenvalue weighted by Gasteiger charge is -1.94. The predicted octanol–water partition coefficient (Wildman–Crippen LogP) is 0.853. The van der Waals surface area contributed by atoms with Crippen molar-refractivity contribution in [1.82, 2.24) is 0 Å². The van der Waals surface area contributed by atoms with Gasteiger partial charge >= 0.3 is 0 Å². The van der Waals surface area contributed by atoms with Gasteiger partial charge in [-0.3, -0.25) is 4.79 Å². The van der Waals surface area contributed by atoms with Crippen molar-refractivity contribution in [2.75, 3.05) is 0 Å². The van der Waals surface area contributed by atoms with E-state index in [1.54, 1.807) is 6.07 Å². The van der Waals surface area contributed by atoms with Gasteiger partial charge in [-0.1, -0.05) is 12.1 Å². The van der Waals surface area contributed by atoms with E-state index in [1.807, 2.05) is 0 Å². The summed E-state index contributed by atoms with van der Waals surface area (Å²) in [6.45, 7) is 0. The van der Waals surface area contributed by atoms with Crippen LogP contribution >= 0.6 is 0 Å². The van der Waals surface area contributed by atoms with Crippen LogP contribution in [0.25, 0.3) is 0 Å². The number of Topliss-reactive ketones (excluding diaryl/α,β-unsaturated/α-hetero) is 1. The Hall–Kier alpha value is -1.22. The quantitative estimate of drug-likeness (QED) is 0.671. The lowest BCUT2D eigenvalue weighted by Crippen LogP contribution is -1.86. The Balaban J connectivity index is 2.31. The third kappa shape index (κ3) is 1.02. The normalized spacial score (nSPS) is 27.3. The van der Waals surface area contributed by atoms with E-state index >= 15 is 0 Å². The zero-order valence-electron chi connectivity index (χ0n) is 6.20. The molecule has 2 rings (SSSR count). The fraction of sp³-hybridized carbons (Fsp3) is 0.222. The molecule has 0 heterocycles. The molecule has 3 heteroatoms. The van der Waals surface area contributed by atoms with Crippen LogP contribution in [0.5, 0.6) is 0 Å². The summed E-state index contributed by atoms with van der Waals surface area (Å²) in [7, 11) is 0. The Morgan fingerprint density at radius 1 is 1.42 bits per heavy atom. The first-order valence-corrected chi connectivity index (χ1v) is 3.67. The van der Waals surface area contributed by atoms with Gasteiger partial charge in [0.15, 0.2) is 5.78 Å². The summed E-state index contributed by atoms with van der Waals surface area (Å²) in [6, 6.07) is 5.76. The van der Waals surface area contributed by atoms with Crippen LogP contribution in [0.4, 0.5) is 4.39 Å². The van der Waals surface area contributed by atoms with E-state index < -0.39 is 12.0 Å². The van der Waals surface area contributed by atoms with E-state index in [2.05, 4.69) is 0 Å². The van der Waals surface area contributed by atoms with Crippen LogP contribution in [0.15, 0.2) is 24.3 Å². The molecular weight excluding hydrogens is 159 g/mol. The average Bonchev–Trinajstić information content (AvgIpc) is 2.60. The van der Waals surface area contributed by atoms with Gasteiger partial charge in [0, 0.05) is 0 Å². The van der Waals surface area contributed by atoms with Crippen molar-refractivity contribution < 1.29 is 14.3 Å². The molecule has 0 aromatic heterocycles. The molecule has 1 aromatic carbocycles. The molecular formula is C9H7FO2. The van der Waals surface area contributed by atoms with Gasteiger partial charge in [-0.05, 0) is 17.7 Å². The van der Waals surface area contributed by atoms with E-state index in [4.69, 9.17) is 5.11 Å². The van der Waals surface area contributed by atoms with Gasteiger partial charge in [0.25, 0.3) is 0 Å². The molecule has 0 saturated heterocycles. The molecule has 1 aromatic rings. The molecule has 2 unspecified atom stereocenters. The number of aliphatic hydroxyl groups is 1. The highest BCUT2D eigenvalue weighted by molar-refractivity contribution is 6.06. The molecule has 0 spiro atoms. The first-order valence-electron chi connectivity index (χ1n) is 3.67. The monoisotopic (exact) mass is 166 g/mol. The smallest absolute Gasteiger partial charge is 0.172 e. The first-order chi connectivity index (χ1) is 5.70. The minimum absolute atomic E-state index is 0.222. The standard InChI is InChI=1S/C9H7FO2/c10-6-3-1-2-5(4-6)7-8(11)9(7)12/h1-4,7-8,11H. The van der Waals surface area contributed by atoms with Gasteiger partial charge in [-0.15, -0.1) is 0 Å². The number of ketones is 1. The van der Waals surface area contributed by atoms with Crippen molar-refractivity contribution in [2.24, 2.45) is 0 Å². The Morgan fingerprint density at radius 3 is 2.58 bits per heavy atom. The van der Waals surface area contributed by atoms with Crippen molar-refractivity contribution >= 4 is 5.78 Å². The Kier molecular flexibility index (Phi) is 1.48. The van der Waals surface area contributed by atoms with Crippen molar-refractivity contribution in [3.8, 4) is 0 Å². The molecule has 1 N–H and O–H groups in total. The lowest BCUT2D eigenvalue weighted by molar-refractivity contribution is -0.112. The van der Waals surface area contributed by atoms with Crippen molar-refractivity contribution in [3.63, 3.8) is 0 Å². The van der Waals surface area contributed by atoms with Crippen LogP contribution < -0.4 is 0 Å². The SMILES string of the molecule is O=C1C(O)C1c1cccc(F)c1. The lowest BCUT2D eigenvalue weighted by atomic mass is 10.1. The van der Waals surface area contributed by atoms with Crippen molar-refractivity contribution in [1.29, 1.82) is 0 Å². The third-order valence-corrected chi connectivity index (χ3v) is 2.01. The maximum atomic E-state index is 12.6. The number of aliphatic hydroxyl groups excluding tert-OH is 1. The minimum Gasteiger partial charge on any atom is -0.384 e. The second-order valence-corrected chi connectivity index (χ2v) is 2.88. The molecule has 0 bridgehead atoms. The number of carbonyl (C=O) groups excluding carboxylic acids is 1. The molecule has 12 heavy (non-hydrogen) atoms. The van der Waals surface area contributed by atoms with Crippen LogP contribution in [-0.2, 0) is 4.79 Å². The van der Waals surface area contributed by atoms with Crippen molar-refractivity contribution in [2.45, 2.75) is 12.0 Å². The molecule has 0 aliphatic heterocycles. The van der Waals surface area contributed by atoms with Gasteiger partial charge in [-0.25, -0.2) is 4.39 Å². The molecule has 0 amide bonds. The molecule has 1 aliphatic rings. The van der Waals surface area contributed by atoms with Gasteiger partial charge in [0.1, 0.15) is 11.9 Å². The van der Waals surface area contributed by atoms with Crippen LogP contribution in [-0.4, -0.2) is 17.0 Å². The molecule has 1 aliphatic carbocycles. The third-order valence-electron chi connectivity index (χ3n) is 2.01. The summed E-state index contributed by atoms with van der Waals surface area (Å²) in [4.78, 5) is 10.8. The van der Waals surface area contributed by atoms with E-state index in [0.29, 0.717) is 5.56 Å². The molecule has 0 radical (unpaired) electrons. The topological polar surface area (TPSA) is 37.3 Å². The van der Waals surface area contributed by atoms with Crippen LogP contribution in [0.3, 0.4) is 0 Å². The van der Waals surface area contributed by atoms with Gasteiger partial charge in [-0.2, -0.15) is 0 Å². The van der Waals surface area contributed by atoms with E-state index in [9.17, 15) is 9.18 Å². The number of halogens is 1. The number of carbonyl (C=O) groups is 1. The molecule has 1 saturated carbocycles. The number of hydrogen-bond acceptors (Lipinski definition) is 2. The van der Waals surface area contributed by atoms with E-state index in [-0.39, 0.29) is 11.6 Å². The fourth-order valence-corrected chi connectivity index (χ4v) is 1.27. The largest absolute Gasteiger partial charge is 0.384 e. The molecule has 1 fully saturated rings. The zero-order valence-corrected chi connectivity index (χ0v) is 6.20. The summed E-state index contributed by atoms with van der Waals surface area (Å²) >= 11 is 0.